The third-order valence-electron chi connectivity index (χ3n) is 4.23. The van der Waals surface area contributed by atoms with Crippen molar-refractivity contribution in [1.82, 2.24) is 5.32 Å². The van der Waals surface area contributed by atoms with Crippen molar-refractivity contribution >= 4 is 11.9 Å². The number of phenols is 1. The van der Waals surface area contributed by atoms with E-state index in [-0.39, 0.29) is 18.2 Å². The van der Waals surface area contributed by atoms with Crippen LogP contribution in [0.5, 0.6) is 5.75 Å². The molecule has 0 unspecified atom stereocenters. The first-order valence-corrected chi connectivity index (χ1v) is 7.34. The van der Waals surface area contributed by atoms with Crippen molar-refractivity contribution in [3.8, 4) is 5.75 Å². The minimum atomic E-state index is -0.844. The Hall–Kier alpha value is -2.04. The van der Waals surface area contributed by atoms with Crippen LogP contribution in [0.1, 0.15) is 48.9 Å². The predicted octanol–water partition coefficient (Wildman–Crippen LogP) is 2.55. The van der Waals surface area contributed by atoms with Gasteiger partial charge in [-0.2, -0.15) is 0 Å². The van der Waals surface area contributed by atoms with E-state index in [1.807, 2.05) is 0 Å². The van der Waals surface area contributed by atoms with Crippen LogP contribution in [0.25, 0.3) is 0 Å². The van der Waals surface area contributed by atoms with Crippen LogP contribution in [0.3, 0.4) is 0 Å². The van der Waals surface area contributed by atoms with Gasteiger partial charge >= 0.3 is 5.97 Å². The molecule has 0 atom stereocenters. The molecule has 0 heterocycles. The molecular weight excluding hydrogens is 270 g/mol. The Labute approximate surface area is 124 Å². The van der Waals surface area contributed by atoms with Gasteiger partial charge in [-0.25, -0.2) is 0 Å². The number of phenolic OH excluding ortho intramolecular Hbond substituents is 1. The summed E-state index contributed by atoms with van der Waals surface area (Å²) in [7, 11) is 0. The Kier molecular flexibility index (Phi) is 4.83. The van der Waals surface area contributed by atoms with Gasteiger partial charge in [0, 0.05) is 12.1 Å². The average molecular weight is 291 g/mol. The summed E-state index contributed by atoms with van der Waals surface area (Å²) in [6, 6.07) is 5.91. The topological polar surface area (TPSA) is 86.6 Å². The van der Waals surface area contributed by atoms with Gasteiger partial charge in [0.05, 0.1) is 5.41 Å². The number of hydrogen-bond acceptors (Lipinski definition) is 3. The predicted molar refractivity (Wildman–Crippen MR) is 78.2 cm³/mol. The van der Waals surface area contributed by atoms with E-state index in [1.165, 1.54) is 24.3 Å². The fourth-order valence-corrected chi connectivity index (χ4v) is 2.84. The minimum Gasteiger partial charge on any atom is -0.508 e. The molecule has 2 rings (SSSR count). The van der Waals surface area contributed by atoms with E-state index in [9.17, 15) is 19.8 Å². The quantitative estimate of drug-likeness (QED) is 0.744. The Morgan fingerprint density at radius 1 is 1.05 bits per heavy atom. The molecule has 1 aliphatic rings. The molecule has 1 amide bonds. The fraction of sp³-hybridized carbons (Fsp3) is 0.500. The maximum atomic E-state index is 12.1. The number of aliphatic carboxylic acids is 1. The van der Waals surface area contributed by atoms with E-state index >= 15 is 0 Å². The van der Waals surface area contributed by atoms with E-state index < -0.39 is 11.4 Å². The van der Waals surface area contributed by atoms with Crippen LogP contribution in [-0.4, -0.2) is 28.6 Å². The molecule has 114 valence electrons. The standard InChI is InChI=1S/C16H21NO4/c18-13-7-5-12(6-8-13)14(19)17-11-16(15(20)21)9-3-1-2-4-10-16/h5-8,18H,1-4,9-11H2,(H,17,19)(H,20,21). The summed E-state index contributed by atoms with van der Waals surface area (Å²) >= 11 is 0. The lowest BCUT2D eigenvalue weighted by molar-refractivity contribution is -0.149. The Balaban J connectivity index is 2.02. The summed E-state index contributed by atoms with van der Waals surface area (Å²) in [5, 5.41) is 21.5. The molecule has 1 aliphatic carbocycles. The van der Waals surface area contributed by atoms with Crippen LogP contribution in [0.2, 0.25) is 0 Å². The molecule has 5 heteroatoms. The normalized spacial score (nSPS) is 17.7. The zero-order valence-electron chi connectivity index (χ0n) is 12.0. The molecule has 1 saturated carbocycles. The van der Waals surface area contributed by atoms with Crippen molar-refractivity contribution in [3.05, 3.63) is 29.8 Å². The van der Waals surface area contributed by atoms with Crippen LogP contribution in [0, 0.1) is 5.41 Å². The maximum absolute atomic E-state index is 12.1. The van der Waals surface area contributed by atoms with Crippen molar-refractivity contribution in [3.63, 3.8) is 0 Å². The van der Waals surface area contributed by atoms with Crippen LogP contribution < -0.4 is 5.32 Å². The first kappa shape index (κ1) is 15.4. The summed E-state index contributed by atoms with van der Waals surface area (Å²) < 4.78 is 0. The van der Waals surface area contributed by atoms with Crippen molar-refractivity contribution in [2.24, 2.45) is 5.41 Å². The van der Waals surface area contributed by atoms with Crippen LogP contribution >= 0.6 is 0 Å². The highest BCUT2D eigenvalue weighted by Crippen LogP contribution is 2.34. The summed E-state index contributed by atoms with van der Waals surface area (Å²) in [5.74, 6) is -1.03. The average Bonchev–Trinajstić information content (AvgIpc) is 2.72. The SMILES string of the molecule is O=C(NCC1(C(=O)O)CCCCCC1)c1ccc(O)cc1. The van der Waals surface area contributed by atoms with Gasteiger partial charge < -0.3 is 15.5 Å². The summed E-state index contributed by atoms with van der Waals surface area (Å²) in [4.78, 5) is 23.7. The zero-order valence-corrected chi connectivity index (χ0v) is 12.0. The lowest BCUT2D eigenvalue weighted by Gasteiger charge is -2.28. The monoisotopic (exact) mass is 291 g/mol. The Morgan fingerprint density at radius 3 is 2.14 bits per heavy atom. The second-order valence-corrected chi connectivity index (χ2v) is 5.73. The number of nitrogens with one attached hydrogen (secondary N) is 1. The van der Waals surface area contributed by atoms with Gasteiger partial charge in [0.2, 0.25) is 0 Å². The fourth-order valence-electron chi connectivity index (χ4n) is 2.84. The van der Waals surface area contributed by atoms with Crippen LogP contribution in [0.15, 0.2) is 24.3 Å². The molecular formula is C16H21NO4. The molecule has 0 spiro atoms. The molecule has 0 saturated heterocycles. The lowest BCUT2D eigenvalue weighted by atomic mass is 9.80. The molecule has 21 heavy (non-hydrogen) atoms. The van der Waals surface area contributed by atoms with Crippen LogP contribution in [-0.2, 0) is 4.79 Å². The molecule has 1 aromatic carbocycles. The van der Waals surface area contributed by atoms with Crippen LogP contribution in [0.4, 0.5) is 0 Å². The molecule has 1 fully saturated rings. The molecule has 0 aromatic heterocycles. The number of carboxylic acids is 1. The number of rotatable bonds is 4. The number of hydrogen-bond donors (Lipinski definition) is 3. The first-order chi connectivity index (χ1) is 10.0. The third kappa shape index (κ3) is 3.74. The van der Waals surface area contributed by atoms with Gasteiger partial charge in [-0.1, -0.05) is 25.7 Å². The van der Waals surface area contributed by atoms with E-state index in [0.717, 1.165) is 25.7 Å². The summed E-state index contributed by atoms with van der Waals surface area (Å²) in [6.45, 7) is 0.155. The molecule has 3 N–H and O–H groups in total. The zero-order chi connectivity index (χ0) is 15.3. The molecule has 5 nitrogen and oxygen atoms in total. The second kappa shape index (κ2) is 6.61. The van der Waals surface area contributed by atoms with Crippen molar-refractivity contribution < 1.29 is 19.8 Å². The maximum Gasteiger partial charge on any atom is 0.311 e. The Bertz CT molecular complexity index is 502. The number of carbonyl (C=O) groups is 2. The molecule has 1 aromatic rings. The number of aromatic hydroxyl groups is 1. The first-order valence-electron chi connectivity index (χ1n) is 7.34. The number of amides is 1. The van der Waals surface area contributed by atoms with E-state index in [1.54, 1.807) is 0 Å². The summed E-state index contributed by atoms with van der Waals surface area (Å²) in [5.41, 5.74) is -0.426. The number of benzene rings is 1. The smallest absolute Gasteiger partial charge is 0.311 e. The molecule has 0 aliphatic heterocycles. The highest BCUT2D eigenvalue weighted by molar-refractivity contribution is 5.94. The van der Waals surface area contributed by atoms with Gasteiger partial charge in [0.1, 0.15) is 5.75 Å². The van der Waals surface area contributed by atoms with E-state index in [4.69, 9.17) is 0 Å². The Morgan fingerprint density at radius 2 is 1.62 bits per heavy atom. The van der Waals surface area contributed by atoms with Crippen molar-refractivity contribution in [2.75, 3.05) is 6.54 Å². The minimum absolute atomic E-state index is 0.0947. The highest BCUT2D eigenvalue weighted by Gasteiger charge is 2.38. The molecule has 0 bridgehead atoms. The van der Waals surface area contributed by atoms with Gasteiger partial charge in [-0.15, -0.1) is 0 Å². The largest absolute Gasteiger partial charge is 0.508 e. The second-order valence-electron chi connectivity index (χ2n) is 5.73. The lowest BCUT2D eigenvalue weighted by Crippen LogP contribution is -2.42. The summed E-state index contributed by atoms with van der Waals surface area (Å²) in [6.07, 6.45) is 5.11. The van der Waals surface area contributed by atoms with Crippen molar-refractivity contribution in [1.29, 1.82) is 0 Å². The highest BCUT2D eigenvalue weighted by atomic mass is 16.4. The molecule has 0 radical (unpaired) electrons. The number of carboxylic acid groups (broad SMARTS) is 1. The number of carbonyl (C=O) groups excluding carboxylic acids is 1. The van der Waals surface area contributed by atoms with Crippen molar-refractivity contribution in [2.45, 2.75) is 38.5 Å². The van der Waals surface area contributed by atoms with Gasteiger partial charge in [0.15, 0.2) is 0 Å². The van der Waals surface area contributed by atoms with Gasteiger partial charge in [0.25, 0.3) is 5.91 Å². The third-order valence-corrected chi connectivity index (χ3v) is 4.23. The van der Waals surface area contributed by atoms with E-state index in [2.05, 4.69) is 5.32 Å². The van der Waals surface area contributed by atoms with Gasteiger partial charge in [-0.3, -0.25) is 9.59 Å². The van der Waals surface area contributed by atoms with E-state index in [0.29, 0.717) is 18.4 Å². The van der Waals surface area contributed by atoms with Gasteiger partial charge in [-0.05, 0) is 37.1 Å².